The van der Waals surface area contributed by atoms with Crippen molar-refractivity contribution in [2.75, 3.05) is 11.9 Å². The number of anilines is 1. The third-order valence-corrected chi connectivity index (χ3v) is 2.39. The number of nitrogens with one attached hydrogen (secondary N) is 3. The third-order valence-electron chi connectivity index (χ3n) is 2.39. The number of carbonyl (C=O) groups is 3. The third kappa shape index (κ3) is 5.51. The molecule has 6 nitrogen and oxygen atoms in total. The lowest BCUT2D eigenvalue weighted by Crippen LogP contribution is -2.44. The van der Waals surface area contributed by atoms with Gasteiger partial charge in [-0.05, 0) is 32.9 Å². The van der Waals surface area contributed by atoms with Crippen LogP contribution in [0.4, 0.5) is 10.5 Å². The molecule has 6 heteroatoms. The van der Waals surface area contributed by atoms with E-state index in [1.165, 1.54) is 6.92 Å². The molecule has 3 amide bonds. The van der Waals surface area contributed by atoms with Gasteiger partial charge in [-0.25, -0.2) is 4.79 Å². The summed E-state index contributed by atoms with van der Waals surface area (Å²) in [5.74, 6) is -0.495. The van der Waals surface area contributed by atoms with E-state index in [9.17, 15) is 14.4 Å². The van der Waals surface area contributed by atoms with Gasteiger partial charge < -0.3 is 10.6 Å². The van der Waals surface area contributed by atoms with Crippen LogP contribution in [0.3, 0.4) is 0 Å². The minimum absolute atomic E-state index is 0.0389. The van der Waals surface area contributed by atoms with E-state index in [0.717, 1.165) is 0 Å². The first kappa shape index (κ1) is 15.7. The summed E-state index contributed by atoms with van der Waals surface area (Å²) in [6.07, 6.45) is 0. The predicted octanol–water partition coefficient (Wildman–Crippen LogP) is 1.54. The maximum Gasteiger partial charge on any atom is 0.321 e. The van der Waals surface area contributed by atoms with Gasteiger partial charge in [-0.2, -0.15) is 0 Å². The Bertz CT molecular complexity index is 512. The molecular formula is C14H19N3O3. The zero-order valence-corrected chi connectivity index (χ0v) is 11.8. The van der Waals surface area contributed by atoms with E-state index >= 15 is 0 Å². The number of carbonyl (C=O) groups excluding carboxylic acids is 3. The molecule has 0 unspecified atom stereocenters. The summed E-state index contributed by atoms with van der Waals surface area (Å²) in [5.41, 5.74) is 1.21. The van der Waals surface area contributed by atoms with Gasteiger partial charge in [0.15, 0.2) is 5.78 Å². The topological polar surface area (TPSA) is 87.3 Å². The van der Waals surface area contributed by atoms with Gasteiger partial charge in [0.25, 0.3) is 0 Å². The zero-order chi connectivity index (χ0) is 15.1. The van der Waals surface area contributed by atoms with Gasteiger partial charge >= 0.3 is 6.03 Å². The Hall–Kier alpha value is -2.37. The predicted molar refractivity (Wildman–Crippen MR) is 76.7 cm³/mol. The van der Waals surface area contributed by atoms with E-state index in [1.54, 1.807) is 38.1 Å². The molecule has 1 aromatic carbocycles. The molecule has 0 heterocycles. The highest BCUT2D eigenvalue weighted by molar-refractivity contribution is 5.97. The molecule has 1 aromatic rings. The first-order chi connectivity index (χ1) is 9.38. The fourth-order valence-corrected chi connectivity index (χ4v) is 1.50. The van der Waals surface area contributed by atoms with Crippen molar-refractivity contribution in [3.63, 3.8) is 0 Å². The maximum atomic E-state index is 11.5. The smallest absolute Gasteiger partial charge is 0.321 e. The molecule has 0 aliphatic heterocycles. The van der Waals surface area contributed by atoms with Crippen LogP contribution in [0.25, 0.3) is 0 Å². The van der Waals surface area contributed by atoms with E-state index in [-0.39, 0.29) is 18.4 Å². The van der Waals surface area contributed by atoms with Crippen molar-refractivity contribution in [3.8, 4) is 0 Å². The summed E-state index contributed by atoms with van der Waals surface area (Å²) in [7, 11) is 0. The fourth-order valence-electron chi connectivity index (χ4n) is 1.50. The van der Waals surface area contributed by atoms with Crippen molar-refractivity contribution in [2.45, 2.75) is 26.8 Å². The molecule has 0 atom stereocenters. The number of hydrogen-bond donors (Lipinski definition) is 3. The molecular weight excluding hydrogens is 258 g/mol. The van der Waals surface area contributed by atoms with Gasteiger partial charge in [0.1, 0.15) is 0 Å². The number of rotatable bonds is 5. The highest BCUT2D eigenvalue weighted by Gasteiger charge is 2.08. The van der Waals surface area contributed by atoms with Crippen LogP contribution in [0.2, 0.25) is 0 Å². The molecule has 0 aliphatic rings. The molecule has 20 heavy (non-hydrogen) atoms. The Morgan fingerprint density at radius 1 is 1.20 bits per heavy atom. The van der Waals surface area contributed by atoms with E-state index in [4.69, 9.17) is 0 Å². The normalized spacial score (nSPS) is 10.0. The number of imide groups is 1. The van der Waals surface area contributed by atoms with Gasteiger partial charge in [-0.15, -0.1) is 0 Å². The highest BCUT2D eigenvalue weighted by Crippen LogP contribution is 2.10. The lowest BCUT2D eigenvalue weighted by Gasteiger charge is -2.10. The largest absolute Gasteiger partial charge is 0.376 e. The Morgan fingerprint density at radius 2 is 1.90 bits per heavy atom. The summed E-state index contributed by atoms with van der Waals surface area (Å²) in [5, 5.41) is 7.61. The van der Waals surface area contributed by atoms with Crippen LogP contribution >= 0.6 is 0 Å². The molecule has 0 fully saturated rings. The van der Waals surface area contributed by atoms with Crippen molar-refractivity contribution < 1.29 is 14.4 Å². The SMILES string of the molecule is CC(=O)c1cccc(NCC(=O)NC(=O)NC(C)C)c1. The minimum atomic E-state index is -0.524. The van der Waals surface area contributed by atoms with Crippen LogP contribution < -0.4 is 16.0 Å². The lowest BCUT2D eigenvalue weighted by molar-refractivity contribution is -0.118. The number of ketones is 1. The van der Waals surface area contributed by atoms with Crippen LogP contribution in [0, 0.1) is 0 Å². The molecule has 0 saturated heterocycles. The first-order valence-corrected chi connectivity index (χ1v) is 6.33. The molecule has 0 spiro atoms. The van der Waals surface area contributed by atoms with Gasteiger partial charge in [0.2, 0.25) is 5.91 Å². The van der Waals surface area contributed by atoms with Crippen molar-refractivity contribution in [1.82, 2.24) is 10.6 Å². The first-order valence-electron chi connectivity index (χ1n) is 6.33. The second kappa shape index (κ2) is 7.28. The number of amides is 3. The van der Waals surface area contributed by atoms with Crippen LogP contribution in [0.15, 0.2) is 24.3 Å². The molecule has 0 aliphatic carbocycles. The Labute approximate surface area is 117 Å². The van der Waals surface area contributed by atoms with Crippen molar-refractivity contribution in [3.05, 3.63) is 29.8 Å². The number of urea groups is 1. The van der Waals surface area contributed by atoms with Crippen LogP contribution in [-0.2, 0) is 4.79 Å². The Morgan fingerprint density at radius 3 is 2.50 bits per heavy atom. The van der Waals surface area contributed by atoms with Crippen LogP contribution in [0.5, 0.6) is 0 Å². The average Bonchev–Trinajstić information content (AvgIpc) is 2.35. The van der Waals surface area contributed by atoms with Gasteiger partial charge in [-0.1, -0.05) is 12.1 Å². The zero-order valence-electron chi connectivity index (χ0n) is 11.8. The lowest BCUT2D eigenvalue weighted by atomic mass is 10.1. The second-order valence-corrected chi connectivity index (χ2v) is 4.67. The Balaban J connectivity index is 2.47. The maximum absolute atomic E-state index is 11.5. The van der Waals surface area contributed by atoms with Crippen molar-refractivity contribution in [2.24, 2.45) is 0 Å². The monoisotopic (exact) mass is 277 g/mol. The number of hydrogen-bond acceptors (Lipinski definition) is 4. The summed E-state index contributed by atoms with van der Waals surface area (Å²) < 4.78 is 0. The van der Waals surface area contributed by atoms with E-state index < -0.39 is 11.9 Å². The molecule has 108 valence electrons. The van der Waals surface area contributed by atoms with Gasteiger partial charge in [0, 0.05) is 17.3 Å². The summed E-state index contributed by atoms with van der Waals surface area (Å²) in [6.45, 7) is 5.03. The minimum Gasteiger partial charge on any atom is -0.376 e. The van der Waals surface area contributed by atoms with Crippen LogP contribution in [-0.4, -0.2) is 30.3 Å². The standard InChI is InChI=1S/C14H19N3O3/c1-9(2)16-14(20)17-13(19)8-15-12-6-4-5-11(7-12)10(3)18/h4-7,9,15H,8H2,1-3H3,(H2,16,17,19,20). The Kier molecular flexibility index (Phi) is 5.71. The van der Waals surface area contributed by atoms with Crippen LogP contribution in [0.1, 0.15) is 31.1 Å². The summed E-state index contributed by atoms with van der Waals surface area (Å²) in [6, 6.07) is 6.26. The summed E-state index contributed by atoms with van der Waals surface area (Å²) in [4.78, 5) is 34.1. The van der Waals surface area contributed by atoms with E-state index in [0.29, 0.717) is 11.3 Å². The molecule has 0 saturated carbocycles. The second-order valence-electron chi connectivity index (χ2n) is 4.67. The van der Waals surface area contributed by atoms with Gasteiger partial charge in [-0.3, -0.25) is 14.9 Å². The summed E-state index contributed by atoms with van der Waals surface area (Å²) >= 11 is 0. The molecule has 0 radical (unpaired) electrons. The van der Waals surface area contributed by atoms with E-state index in [2.05, 4.69) is 16.0 Å². The molecule has 1 rings (SSSR count). The molecule has 0 bridgehead atoms. The number of Topliss-reactive ketones (excluding diaryl/α,β-unsaturated/α-hetero) is 1. The highest BCUT2D eigenvalue weighted by atomic mass is 16.2. The quantitative estimate of drug-likeness (QED) is 0.712. The molecule has 3 N–H and O–H groups in total. The fraction of sp³-hybridized carbons (Fsp3) is 0.357. The van der Waals surface area contributed by atoms with E-state index in [1.807, 2.05) is 0 Å². The van der Waals surface area contributed by atoms with Crippen molar-refractivity contribution in [1.29, 1.82) is 0 Å². The van der Waals surface area contributed by atoms with Gasteiger partial charge in [0.05, 0.1) is 6.54 Å². The average molecular weight is 277 g/mol. The van der Waals surface area contributed by atoms with Crippen molar-refractivity contribution >= 4 is 23.4 Å². The molecule has 0 aromatic heterocycles. The number of benzene rings is 1.